The molecule has 0 radical (unpaired) electrons. The molecule has 0 aliphatic carbocycles. The number of amides is 1. The number of ether oxygens (including phenoxy) is 2. The Morgan fingerprint density at radius 1 is 1.30 bits per heavy atom. The van der Waals surface area contributed by atoms with Crippen LogP contribution in [-0.2, 0) is 14.3 Å². The van der Waals surface area contributed by atoms with Crippen LogP contribution >= 0.6 is 0 Å². The minimum atomic E-state index is -0.811. The van der Waals surface area contributed by atoms with E-state index in [2.05, 4.69) is 9.64 Å². The molecular formula is C19H26N2O6. The highest BCUT2D eigenvalue weighted by atomic mass is 16.5. The van der Waals surface area contributed by atoms with E-state index < -0.39 is 12.1 Å². The molecule has 0 saturated carbocycles. The predicted molar refractivity (Wildman–Crippen MR) is 96.4 cm³/mol. The zero-order chi connectivity index (χ0) is 19.4. The molecule has 1 aromatic carbocycles. The van der Waals surface area contributed by atoms with Crippen molar-refractivity contribution in [2.45, 2.75) is 25.0 Å². The Balaban J connectivity index is 1.54. The number of rotatable bonds is 5. The molecule has 8 nitrogen and oxygen atoms in total. The topological polar surface area (TPSA) is 99.5 Å². The summed E-state index contributed by atoms with van der Waals surface area (Å²) >= 11 is 0. The van der Waals surface area contributed by atoms with Crippen LogP contribution in [0.15, 0.2) is 18.2 Å². The van der Waals surface area contributed by atoms with E-state index in [1.165, 1.54) is 19.2 Å². The van der Waals surface area contributed by atoms with E-state index in [4.69, 9.17) is 4.74 Å². The first-order valence-corrected chi connectivity index (χ1v) is 9.21. The molecule has 2 N–H and O–H groups in total. The minimum absolute atomic E-state index is 0.0287. The number of nitrogens with zero attached hydrogens (tertiary/aromatic N) is 2. The largest absolute Gasteiger partial charge is 0.507 e. The summed E-state index contributed by atoms with van der Waals surface area (Å²) in [6, 6.07) is 4.41. The monoisotopic (exact) mass is 378 g/mol. The van der Waals surface area contributed by atoms with Gasteiger partial charge < -0.3 is 24.6 Å². The van der Waals surface area contributed by atoms with Crippen LogP contribution in [0.5, 0.6) is 5.75 Å². The lowest BCUT2D eigenvalue weighted by molar-refractivity contribution is -0.142. The number of aliphatic hydroxyl groups excluding tert-OH is 1. The summed E-state index contributed by atoms with van der Waals surface area (Å²) in [5, 5.41) is 20.3. The van der Waals surface area contributed by atoms with Crippen molar-refractivity contribution in [3.8, 4) is 5.75 Å². The van der Waals surface area contributed by atoms with E-state index in [1.54, 1.807) is 6.07 Å². The third-order valence-electron chi connectivity index (χ3n) is 5.13. The molecule has 27 heavy (non-hydrogen) atoms. The summed E-state index contributed by atoms with van der Waals surface area (Å²) in [5.74, 6) is -0.768. The molecule has 8 heteroatoms. The van der Waals surface area contributed by atoms with Gasteiger partial charge in [0.25, 0.3) is 5.91 Å². The van der Waals surface area contributed by atoms with Crippen molar-refractivity contribution >= 4 is 11.9 Å². The van der Waals surface area contributed by atoms with Gasteiger partial charge in [-0.1, -0.05) is 6.07 Å². The van der Waals surface area contributed by atoms with E-state index in [0.717, 1.165) is 12.8 Å². The zero-order valence-corrected chi connectivity index (χ0v) is 15.5. The smallest absolute Gasteiger partial charge is 0.341 e. The van der Waals surface area contributed by atoms with Gasteiger partial charge in [-0.05, 0) is 30.5 Å². The highest BCUT2D eigenvalue weighted by Crippen LogP contribution is 2.24. The maximum absolute atomic E-state index is 12.4. The average Bonchev–Trinajstić information content (AvgIpc) is 3.22. The van der Waals surface area contributed by atoms with Crippen molar-refractivity contribution < 1.29 is 29.3 Å². The Labute approximate surface area is 158 Å². The van der Waals surface area contributed by atoms with Gasteiger partial charge in [0.2, 0.25) is 0 Å². The number of benzene rings is 1. The van der Waals surface area contributed by atoms with Crippen molar-refractivity contribution in [3.63, 3.8) is 0 Å². The van der Waals surface area contributed by atoms with Crippen molar-refractivity contribution in [2.75, 3.05) is 46.4 Å². The summed E-state index contributed by atoms with van der Waals surface area (Å²) in [7, 11) is 1.24. The van der Waals surface area contributed by atoms with Crippen molar-refractivity contribution in [3.05, 3.63) is 29.3 Å². The molecule has 2 saturated heterocycles. The maximum atomic E-state index is 12.4. The fraction of sp³-hybridized carbons (Fsp3) is 0.579. The Morgan fingerprint density at radius 3 is 2.67 bits per heavy atom. The van der Waals surface area contributed by atoms with Crippen molar-refractivity contribution in [2.24, 2.45) is 0 Å². The molecule has 148 valence electrons. The molecule has 1 aromatic rings. The van der Waals surface area contributed by atoms with Gasteiger partial charge in [-0.25, -0.2) is 4.79 Å². The van der Waals surface area contributed by atoms with Gasteiger partial charge in [0.1, 0.15) is 17.4 Å². The second kappa shape index (κ2) is 8.69. The molecular weight excluding hydrogens is 352 g/mol. The maximum Gasteiger partial charge on any atom is 0.341 e. The number of phenolic OH excluding ortho intramolecular Hbond substituents is 1. The number of aromatic hydroxyl groups is 1. The number of hydrogen-bond acceptors (Lipinski definition) is 7. The van der Waals surface area contributed by atoms with Gasteiger partial charge in [0, 0.05) is 39.3 Å². The van der Waals surface area contributed by atoms with Gasteiger partial charge in [-0.3, -0.25) is 9.69 Å². The molecule has 0 spiro atoms. The number of carbonyl (C=O) groups is 2. The quantitative estimate of drug-likeness (QED) is 0.721. The molecule has 0 aromatic heterocycles. The molecule has 2 heterocycles. The summed E-state index contributed by atoms with van der Waals surface area (Å²) in [5.41, 5.74) is 0.562. The number of aliphatic hydroxyl groups is 1. The Bertz CT molecular complexity index is 681. The zero-order valence-electron chi connectivity index (χ0n) is 15.5. The fourth-order valence-corrected chi connectivity index (χ4v) is 3.51. The first kappa shape index (κ1) is 19.6. The number of carbonyl (C=O) groups excluding carboxylic acids is 2. The molecule has 2 unspecified atom stereocenters. The lowest BCUT2D eigenvalue weighted by atomic mass is 10.0. The van der Waals surface area contributed by atoms with Crippen molar-refractivity contribution in [1.29, 1.82) is 0 Å². The van der Waals surface area contributed by atoms with Crippen LogP contribution in [0.25, 0.3) is 0 Å². The first-order valence-electron chi connectivity index (χ1n) is 9.21. The van der Waals surface area contributed by atoms with E-state index in [0.29, 0.717) is 44.9 Å². The molecule has 2 fully saturated rings. The van der Waals surface area contributed by atoms with Gasteiger partial charge in [-0.2, -0.15) is 0 Å². The number of β-amino-alcohol motifs (C(OH)–C–C–N with tert-alkyl or cyclic N) is 1. The molecule has 2 atom stereocenters. The summed E-state index contributed by atoms with van der Waals surface area (Å²) in [4.78, 5) is 28.0. The van der Waals surface area contributed by atoms with Crippen LogP contribution in [-0.4, -0.2) is 84.4 Å². The lowest BCUT2D eigenvalue weighted by Gasteiger charge is -2.36. The standard InChI is InChI=1S/C19H26N2O6/c1-26-19(25)14-11-13(4-5-15(14)22)16(23)12-20-6-8-21(9-7-20)18(24)17-3-2-10-27-17/h4-5,11,16-17,22-23H,2-3,6-10,12H2,1H3. The summed E-state index contributed by atoms with van der Waals surface area (Å²) in [6.45, 7) is 3.58. The molecule has 0 bridgehead atoms. The second-order valence-electron chi connectivity index (χ2n) is 6.91. The summed E-state index contributed by atoms with van der Waals surface area (Å²) in [6.07, 6.45) is 0.620. The number of phenols is 1. The third-order valence-corrected chi connectivity index (χ3v) is 5.13. The lowest BCUT2D eigenvalue weighted by Crippen LogP contribution is -2.52. The van der Waals surface area contributed by atoms with E-state index in [1.807, 2.05) is 4.90 Å². The SMILES string of the molecule is COC(=O)c1cc(C(O)CN2CCN(C(=O)C3CCCO3)CC2)ccc1O. The number of methoxy groups -OCH3 is 1. The average molecular weight is 378 g/mol. The Kier molecular flexibility index (Phi) is 6.30. The van der Waals surface area contributed by atoms with Crippen LogP contribution in [0.3, 0.4) is 0 Å². The van der Waals surface area contributed by atoms with E-state index >= 15 is 0 Å². The molecule has 3 rings (SSSR count). The third kappa shape index (κ3) is 4.58. The van der Waals surface area contributed by atoms with Crippen LogP contribution in [0, 0.1) is 0 Å². The van der Waals surface area contributed by atoms with Gasteiger partial charge in [-0.15, -0.1) is 0 Å². The molecule has 1 amide bonds. The van der Waals surface area contributed by atoms with Crippen molar-refractivity contribution in [1.82, 2.24) is 9.80 Å². The fourth-order valence-electron chi connectivity index (χ4n) is 3.51. The van der Waals surface area contributed by atoms with Crippen LogP contribution in [0.2, 0.25) is 0 Å². The summed E-state index contributed by atoms with van der Waals surface area (Å²) < 4.78 is 10.1. The van der Waals surface area contributed by atoms with Gasteiger partial charge in [0.15, 0.2) is 0 Å². The first-order chi connectivity index (χ1) is 13.0. The normalized spacial score (nSPS) is 21.9. The highest BCUT2D eigenvalue weighted by Gasteiger charge is 2.30. The number of hydrogen-bond donors (Lipinski definition) is 2. The predicted octanol–water partition coefficient (Wildman–Crippen LogP) is 0.535. The number of esters is 1. The Hall–Kier alpha value is -2.16. The molecule has 2 aliphatic rings. The van der Waals surface area contributed by atoms with E-state index in [-0.39, 0.29) is 23.3 Å². The van der Waals surface area contributed by atoms with Gasteiger partial charge in [0.05, 0.1) is 13.2 Å². The minimum Gasteiger partial charge on any atom is -0.507 e. The molecule has 2 aliphatic heterocycles. The van der Waals surface area contributed by atoms with Gasteiger partial charge >= 0.3 is 5.97 Å². The number of piperazine rings is 1. The highest BCUT2D eigenvalue weighted by molar-refractivity contribution is 5.92. The van der Waals surface area contributed by atoms with Crippen LogP contribution in [0.1, 0.15) is 34.9 Å². The van der Waals surface area contributed by atoms with Crippen LogP contribution in [0.4, 0.5) is 0 Å². The second-order valence-corrected chi connectivity index (χ2v) is 6.91. The Morgan fingerprint density at radius 2 is 2.04 bits per heavy atom. The van der Waals surface area contributed by atoms with E-state index in [9.17, 15) is 19.8 Å². The van der Waals surface area contributed by atoms with Crippen LogP contribution < -0.4 is 0 Å².